The fourth-order valence-electron chi connectivity index (χ4n) is 3.65. The van der Waals surface area contributed by atoms with Crippen molar-refractivity contribution >= 4 is 11.9 Å². The van der Waals surface area contributed by atoms with E-state index in [9.17, 15) is 9.59 Å². The van der Waals surface area contributed by atoms with Crippen LogP contribution < -0.4 is 5.32 Å². The van der Waals surface area contributed by atoms with Crippen LogP contribution in [0.2, 0.25) is 0 Å². The number of carbonyl (C=O) groups is 2. The van der Waals surface area contributed by atoms with E-state index in [1.807, 2.05) is 12.2 Å². The quantitative estimate of drug-likeness (QED) is 0.615. The summed E-state index contributed by atoms with van der Waals surface area (Å²) in [7, 11) is 1.37. The Hall–Kier alpha value is -1.40. The van der Waals surface area contributed by atoms with Gasteiger partial charge in [-0.1, -0.05) is 6.08 Å². The maximum atomic E-state index is 12.5. The van der Waals surface area contributed by atoms with Gasteiger partial charge in [0.15, 0.2) is 5.79 Å². The van der Waals surface area contributed by atoms with Crippen LogP contribution in [0.25, 0.3) is 0 Å². The average molecular weight is 295 g/mol. The molecular formula is C15H21NO5. The van der Waals surface area contributed by atoms with Gasteiger partial charge in [-0.3, -0.25) is 9.59 Å². The van der Waals surface area contributed by atoms with E-state index in [1.165, 1.54) is 7.11 Å². The van der Waals surface area contributed by atoms with Crippen molar-refractivity contribution < 1.29 is 23.8 Å². The molecule has 1 amide bonds. The first-order valence-electron chi connectivity index (χ1n) is 7.44. The van der Waals surface area contributed by atoms with E-state index in [0.29, 0.717) is 32.6 Å². The van der Waals surface area contributed by atoms with Crippen LogP contribution in [-0.4, -0.2) is 44.5 Å². The number of methoxy groups -OCH3 is 1. The van der Waals surface area contributed by atoms with Crippen molar-refractivity contribution in [1.82, 2.24) is 5.32 Å². The molecule has 2 saturated heterocycles. The summed E-state index contributed by atoms with van der Waals surface area (Å²) in [4.78, 5) is 23.9. The van der Waals surface area contributed by atoms with Crippen molar-refractivity contribution in [3.05, 3.63) is 12.2 Å². The molecule has 1 spiro atoms. The van der Waals surface area contributed by atoms with Crippen molar-refractivity contribution in [3.8, 4) is 0 Å². The zero-order valence-corrected chi connectivity index (χ0v) is 12.2. The fourth-order valence-corrected chi connectivity index (χ4v) is 3.65. The van der Waals surface area contributed by atoms with Gasteiger partial charge in [-0.25, -0.2) is 0 Å². The van der Waals surface area contributed by atoms with Gasteiger partial charge in [-0.05, 0) is 24.8 Å². The predicted molar refractivity (Wildman–Crippen MR) is 73.2 cm³/mol. The Morgan fingerprint density at radius 2 is 2.19 bits per heavy atom. The molecule has 2 aliphatic heterocycles. The lowest BCUT2D eigenvalue weighted by atomic mass is 9.62. The highest BCUT2D eigenvalue weighted by Crippen LogP contribution is 2.49. The number of amides is 1. The van der Waals surface area contributed by atoms with Gasteiger partial charge in [-0.15, -0.1) is 0 Å². The van der Waals surface area contributed by atoms with Gasteiger partial charge in [0.25, 0.3) is 0 Å². The van der Waals surface area contributed by atoms with E-state index in [2.05, 4.69) is 5.32 Å². The third-order valence-corrected chi connectivity index (χ3v) is 4.84. The third-order valence-electron chi connectivity index (χ3n) is 4.84. The molecule has 6 nitrogen and oxygen atoms in total. The second-order valence-electron chi connectivity index (χ2n) is 5.90. The lowest BCUT2D eigenvalue weighted by Gasteiger charge is -2.47. The van der Waals surface area contributed by atoms with Crippen LogP contribution in [0.4, 0.5) is 0 Å². The van der Waals surface area contributed by atoms with E-state index >= 15 is 0 Å². The molecule has 3 aliphatic rings. The number of hydrogen-bond donors (Lipinski definition) is 1. The molecule has 6 heteroatoms. The lowest BCUT2D eigenvalue weighted by molar-refractivity contribution is -0.159. The predicted octanol–water partition coefficient (Wildman–Crippen LogP) is 0.765. The number of esters is 1. The van der Waals surface area contributed by atoms with Crippen LogP contribution in [-0.2, 0) is 23.8 Å². The Labute approximate surface area is 123 Å². The number of nitrogens with one attached hydrogen (secondary N) is 1. The van der Waals surface area contributed by atoms with Gasteiger partial charge in [0.1, 0.15) is 0 Å². The van der Waals surface area contributed by atoms with Gasteiger partial charge in [-0.2, -0.15) is 0 Å². The van der Waals surface area contributed by atoms with Crippen LogP contribution in [0, 0.1) is 11.3 Å². The molecule has 0 aromatic rings. The highest BCUT2D eigenvalue weighted by molar-refractivity contribution is 5.86. The van der Waals surface area contributed by atoms with Crippen LogP contribution >= 0.6 is 0 Å². The molecular weight excluding hydrogens is 274 g/mol. The van der Waals surface area contributed by atoms with Gasteiger partial charge in [0, 0.05) is 19.4 Å². The highest BCUT2D eigenvalue weighted by Gasteiger charge is 2.53. The Morgan fingerprint density at radius 3 is 2.90 bits per heavy atom. The zero-order valence-electron chi connectivity index (χ0n) is 12.2. The second kappa shape index (κ2) is 5.42. The largest absolute Gasteiger partial charge is 0.469 e. The molecule has 0 radical (unpaired) electrons. The van der Waals surface area contributed by atoms with Gasteiger partial charge in [0.05, 0.1) is 25.7 Å². The molecule has 0 saturated carbocycles. The zero-order chi connectivity index (χ0) is 14.9. The summed E-state index contributed by atoms with van der Waals surface area (Å²) in [6, 6.07) is 0. The minimum Gasteiger partial charge on any atom is -0.469 e. The summed E-state index contributed by atoms with van der Waals surface area (Å²) >= 11 is 0. The molecule has 2 atom stereocenters. The van der Waals surface area contributed by atoms with Gasteiger partial charge < -0.3 is 19.5 Å². The Morgan fingerprint density at radius 1 is 1.43 bits per heavy atom. The number of ether oxygens (including phenoxy) is 3. The van der Waals surface area contributed by atoms with E-state index in [-0.39, 0.29) is 24.2 Å². The molecule has 3 rings (SSSR count). The van der Waals surface area contributed by atoms with Crippen LogP contribution in [0.5, 0.6) is 0 Å². The topological polar surface area (TPSA) is 73.9 Å². The number of carbonyl (C=O) groups excluding carboxylic acids is 2. The molecule has 1 N–H and O–H groups in total. The number of hydrogen-bond acceptors (Lipinski definition) is 5. The minimum atomic E-state index is -0.670. The molecule has 1 aliphatic carbocycles. The molecule has 0 unspecified atom stereocenters. The standard InChI is InChI=1S/C15H21NO5/c1-19-12(17)2-4-14-5-6-15(20-8-9-21-15)10-11(14)3-7-16-13(14)18/h5-6,11H,2-4,7-10H2,1H3,(H,16,18)/t11-,14+/m0/s1. The van der Waals surface area contributed by atoms with Gasteiger partial charge >= 0.3 is 5.97 Å². The SMILES string of the molecule is COC(=O)CC[C@@]12C=CC3(C[C@@H]1CCNC2=O)OCCO3. The molecule has 21 heavy (non-hydrogen) atoms. The normalized spacial score (nSPS) is 33.6. The molecule has 0 aromatic heterocycles. The molecule has 116 valence electrons. The van der Waals surface area contributed by atoms with Crippen molar-refractivity contribution in [3.63, 3.8) is 0 Å². The smallest absolute Gasteiger partial charge is 0.305 e. The summed E-state index contributed by atoms with van der Waals surface area (Å²) in [5.74, 6) is -0.842. The van der Waals surface area contributed by atoms with Gasteiger partial charge in [0.2, 0.25) is 5.91 Å². The van der Waals surface area contributed by atoms with Crippen molar-refractivity contribution in [2.45, 2.75) is 31.5 Å². The Balaban J connectivity index is 1.85. The van der Waals surface area contributed by atoms with E-state index < -0.39 is 11.2 Å². The van der Waals surface area contributed by atoms with Crippen molar-refractivity contribution in [2.75, 3.05) is 26.9 Å². The monoisotopic (exact) mass is 295 g/mol. The molecule has 0 aromatic carbocycles. The van der Waals surface area contributed by atoms with Crippen molar-refractivity contribution in [2.24, 2.45) is 11.3 Å². The molecule has 2 fully saturated rings. The van der Waals surface area contributed by atoms with E-state index in [0.717, 1.165) is 6.42 Å². The Kier molecular flexibility index (Phi) is 3.75. The average Bonchev–Trinajstić information content (AvgIpc) is 2.94. The maximum Gasteiger partial charge on any atom is 0.305 e. The lowest BCUT2D eigenvalue weighted by Crippen LogP contribution is -2.55. The van der Waals surface area contributed by atoms with Crippen LogP contribution in [0.3, 0.4) is 0 Å². The molecule has 0 bridgehead atoms. The minimum absolute atomic E-state index is 0.00764. The fraction of sp³-hybridized carbons (Fsp3) is 0.733. The Bertz CT molecular complexity index is 469. The van der Waals surface area contributed by atoms with E-state index in [1.54, 1.807) is 0 Å². The summed E-state index contributed by atoms with van der Waals surface area (Å²) in [6.45, 7) is 1.82. The second-order valence-corrected chi connectivity index (χ2v) is 5.90. The van der Waals surface area contributed by atoms with E-state index in [4.69, 9.17) is 14.2 Å². The maximum absolute atomic E-state index is 12.5. The van der Waals surface area contributed by atoms with Crippen LogP contribution in [0.15, 0.2) is 12.2 Å². The highest BCUT2D eigenvalue weighted by atomic mass is 16.7. The first kappa shape index (κ1) is 14.5. The first-order valence-corrected chi connectivity index (χ1v) is 7.44. The van der Waals surface area contributed by atoms with Crippen LogP contribution in [0.1, 0.15) is 25.7 Å². The summed E-state index contributed by atoms with van der Waals surface area (Å²) in [5, 5.41) is 2.92. The van der Waals surface area contributed by atoms with Crippen molar-refractivity contribution in [1.29, 1.82) is 0 Å². The summed E-state index contributed by atoms with van der Waals surface area (Å²) in [6.07, 6.45) is 5.98. The molecule has 2 heterocycles. The third kappa shape index (κ3) is 2.46. The number of piperidine rings is 1. The first-order chi connectivity index (χ1) is 10.1. The number of rotatable bonds is 3. The summed E-state index contributed by atoms with van der Waals surface area (Å²) < 4.78 is 16.2. The summed E-state index contributed by atoms with van der Waals surface area (Å²) in [5.41, 5.74) is -0.646. The number of fused-ring (bicyclic) bond motifs is 1.